The molecule has 1 N–H and O–H groups in total. The second-order valence-corrected chi connectivity index (χ2v) is 7.42. The lowest BCUT2D eigenvalue weighted by atomic mass is 9.63. The molecular formula is C20H22N2O3. The van der Waals surface area contributed by atoms with E-state index in [1.54, 1.807) is 0 Å². The van der Waals surface area contributed by atoms with Gasteiger partial charge in [-0.2, -0.15) is 0 Å². The largest absolute Gasteiger partial charge is 0.324 e. The van der Waals surface area contributed by atoms with Crippen LogP contribution in [-0.2, 0) is 14.4 Å². The van der Waals surface area contributed by atoms with Crippen LogP contribution in [-0.4, -0.2) is 29.2 Å². The first kappa shape index (κ1) is 16.1. The van der Waals surface area contributed by atoms with Gasteiger partial charge in [0, 0.05) is 5.69 Å². The zero-order valence-electron chi connectivity index (χ0n) is 14.5. The van der Waals surface area contributed by atoms with Crippen molar-refractivity contribution in [1.82, 2.24) is 4.90 Å². The summed E-state index contributed by atoms with van der Waals surface area (Å²) in [7, 11) is 0. The number of carbonyl (C=O) groups is 3. The Morgan fingerprint density at radius 1 is 1.04 bits per heavy atom. The Kier molecular flexibility index (Phi) is 3.74. The fourth-order valence-corrected chi connectivity index (χ4v) is 4.63. The molecule has 0 unspecified atom stereocenters. The number of amides is 3. The number of hydrogen-bond acceptors (Lipinski definition) is 3. The highest BCUT2D eigenvalue weighted by Crippen LogP contribution is 2.49. The first-order valence-electron chi connectivity index (χ1n) is 8.87. The normalized spacial score (nSPS) is 29.9. The smallest absolute Gasteiger partial charge is 0.244 e. The molecule has 1 aromatic rings. The highest BCUT2D eigenvalue weighted by atomic mass is 16.2. The lowest BCUT2D eigenvalue weighted by Crippen LogP contribution is -2.38. The summed E-state index contributed by atoms with van der Waals surface area (Å²) >= 11 is 0. The molecule has 5 rings (SSSR count). The van der Waals surface area contributed by atoms with Gasteiger partial charge in [0.2, 0.25) is 17.7 Å². The molecule has 5 nitrogen and oxygen atoms in total. The van der Waals surface area contributed by atoms with E-state index in [0.717, 1.165) is 29.7 Å². The van der Waals surface area contributed by atoms with E-state index in [1.807, 2.05) is 32.0 Å². The highest BCUT2D eigenvalue weighted by Gasteiger charge is 2.56. The van der Waals surface area contributed by atoms with Crippen molar-refractivity contribution in [1.29, 1.82) is 0 Å². The number of para-hydroxylation sites is 1. The minimum absolute atomic E-state index is 0.151. The Balaban J connectivity index is 1.51. The SMILES string of the molecule is Cc1cccc(C)c1NC(=O)CN1C(=O)[C@H]2[C@H](C1=O)[C@H]1C=C[C@H]2CC1. The average molecular weight is 338 g/mol. The summed E-state index contributed by atoms with van der Waals surface area (Å²) < 4.78 is 0. The zero-order chi connectivity index (χ0) is 17.7. The van der Waals surface area contributed by atoms with E-state index in [-0.39, 0.29) is 47.9 Å². The van der Waals surface area contributed by atoms with Gasteiger partial charge in [0.15, 0.2) is 0 Å². The van der Waals surface area contributed by atoms with E-state index < -0.39 is 0 Å². The Morgan fingerprint density at radius 3 is 2.04 bits per heavy atom. The molecular weight excluding hydrogens is 316 g/mol. The van der Waals surface area contributed by atoms with Crippen LogP contribution >= 0.6 is 0 Å². The van der Waals surface area contributed by atoms with Crippen LogP contribution in [0.1, 0.15) is 24.0 Å². The van der Waals surface area contributed by atoms with Crippen molar-refractivity contribution >= 4 is 23.4 Å². The van der Waals surface area contributed by atoms with Crippen molar-refractivity contribution in [2.45, 2.75) is 26.7 Å². The van der Waals surface area contributed by atoms with Gasteiger partial charge < -0.3 is 5.32 Å². The monoisotopic (exact) mass is 338 g/mol. The first-order chi connectivity index (χ1) is 12.0. The maximum atomic E-state index is 12.8. The molecule has 2 bridgehead atoms. The third-order valence-corrected chi connectivity index (χ3v) is 5.90. The molecule has 1 aromatic carbocycles. The molecule has 3 amide bonds. The lowest BCUT2D eigenvalue weighted by Gasteiger charge is -2.38. The zero-order valence-corrected chi connectivity index (χ0v) is 14.5. The number of likely N-dealkylation sites (tertiary alicyclic amines) is 1. The fourth-order valence-electron chi connectivity index (χ4n) is 4.63. The molecule has 25 heavy (non-hydrogen) atoms. The number of imide groups is 1. The number of carbonyl (C=O) groups excluding carboxylic acids is 3. The van der Waals surface area contributed by atoms with Gasteiger partial charge in [-0.25, -0.2) is 0 Å². The lowest BCUT2D eigenvalue weighted by molar-refractivity contribution is -0.142. The van der Waals surface area contributed by atoms with Crippen LogP contribution in [0.5, 0.6) is 0 Å². The molecule has 5 heteroatoms. The van der Waals surface area contributed by atoms with Gasteiger partial charge in [-0.15, -0.1) is 0 Å². The summed E-state index contributed by atoms with van der Waals surface area (Å²) in [5, 5.41) is 2.87. The van der Waals surface area contributed by atoms with Crippen LogP contribution in [0.4, 0.5) is 5.69 Å². The first-order valence-corrected chi connectivity index (χ1v) is 8.87. The Morgan fingerprint density at radius 2 is 1.56 bits per heavy atom. The molecule has 0 aromatic heterocycles. The van der Waals surface area contributed by atoms with E-state index in [1.165, 1.54) is 4.90 Å². The third-order valence-electron chi connectivity index (χ3n) is 5.90. The van der Waals surface area contributed by atoms with E-state index in [2.05, 4.69) is 17.5 Å². The number of hydrogen-bond donors (Lipinski definition) is 1. The highest BCUT2D eigenvalue weighted by molar-refractivity contribution is 6.09. The van der Waals surface area contributed by atoms with Gasteiger partial charge in [-0.3, -0.25) is 19.3 Å². The van der Waals surface area contributed by atoms with Crippen LogP contribution in [0.2, 0.25) is 0 Å². The Bertz CT molecular complexity index is 746. The van der Waals surface area contributed by atoms with Gasteiger partial charge in [0.25, 0.3) is 0 Å². The number of fused-ring (bicyclic) bond motifs is 1. The summed E-state index contributed by atoms with van der Waals surface area (Å²) in [5.41, 5.74) is 2.68. The van der Waals surface area contributed by atoms with Crippen molar-refractivity contribution in [2.75, 3.05) is 11.9 Å². The van der Waals surface area contributed by atoms with E-state index >= 15 is 0 Å². The minimum Gasteiger partial charge on any atom is -0.324 e. The molecule has 0 radical (unpaired) electrons. The Hall–Kier alpha value is -2.43. The van der Waals surface area contributed by atoms with Gasteiger partial charge >= 0.3 is 0 Å². The number of benzene rings is 1. The third kappa shape index (κ3) is 2.49. The minimum atomic E-state index is -0.321. The van der Waals surface area contributed by atoms with Crippen LogP contribution < -0.4 is 5.32 Å². The fraction of sp³-hybridized carbons (Fsp3) is 0.450. The second kappa shape index (κ2) is 5.83. The molecule has 1 aliphatic heterocycles. The number of aryl methyl sites for hydroxylation is 2. The predicted molar refractivity (Wildman–Crippen MR) is 93.6 cm³/mol. The van der Waals surface area contributed by atoms with Gasteiger partial charge in [-0.1, -0.05) is 30.4 Å². The topological polar surface area (TPSA) is 66.5 Å². The molecule has 4 aliphatic rings. The van der Waals surface area contributed by atoms with Crippen LogP contribution in [0.15, 0.2) is 30.4 Å². The van der Waals surface area contributed by atoms with Crippen LogP contribution in [0.25, 0.3) is 0 Å². The number of nitrogens with one attached hydrogen (secondary N) is 1. The number of rotatable bonds is 3. The standard InChI is InChI=1S/C20H22N2O3/c1-11-4-3-5-12(2)18(11)21-15(23)10-22-19(24)16-13-6-7-14(9-8-13)17(16)20(22)25/h3-7,13-14,16-17H,8-10H2,1-2H3,(H,21,23)/t13-,14-,16+,17+/m0/s1. The molecule has 0 spiro atoms. The molecule has 4 atom stereocenters. The van der Waals surface area contributed by atoms with E-state index in [9.17, 15) is 14.4 Å². The number of nitrogens with zero attached hydrogens (tertiary/aromatic N) is 1. The summed E-state index contributed by atoms with van der Waals surface area (Å²) in [4.78, 5) is 39.2. The van der Waals surface area contributed by atoms with Gasteiger partial charge in [0.1, 0.15) is 6.54 Å². The quantitative estimate of drug-likeness (QED) is 0.680. The van der Waals surface area contributed by atoms with E-state index in [4.69, 9.17) is 0 Å². The van der Waals surface area contributed by atoms with Crippen molar-refractivity contribution in [3.05, 3.63) is 41.5 Å². The summed E-state index contributed by atoms with van der Waals surface area (Å²) in [6, 6.07) is 5.78. The average Bonchev–Trinajstić information content (AvgIpc) is 2.86. The molecule has 1 saturated heterocycles. The van der Waals surface area contributed by atoms with Crippen molar-refractivity contribution in [3.8, 4) is 0 Å². The Labute approximate surface area is 147 Å². The number of anilines is 1. The van der Waals surface area contributed by atoms with Crippen LogP contribution in [0, 0.1) is 37.5 Å². The molecule has 3 aliphatic carbocycles. The molecule has 1 heterocycles. The molecule has 1 saturated carbocycles. The predicted octanol–water partition coefficient (Wildman–Crippen LogP) is 2.44. The summed E-state index contributed by atoms with van der Waals surface area (Å²) in [5.74, 6) is -0.890. The number of allylic oxidation sites excluding steroid dienone is 2. The van der Waals surface area contributed by atoms with Crippen molar-refractivity contribution in [3.63, 3.8) is 0 Å². The maximum Gasteiger partial charge on any atom is 0.244 e. The second-order valence-electron chi connectivity index (χ2n) is 7.42. The summed E-state index contributed by atoms with van der Waals surface area (Å²) in [6.07, 6.45) is 6.09. The van der Waals surface area contributed by atoms with E-state index in [0.29, 0.717) is 0 Å². The molecule has 130 valence electrons. The van der Waals surface area contributed by atoms with Gasteiger partial charge in [0.05, 0.1) is 11.8 Å². The summed E-state index contributed by atoms with van der Waals surface area (Å²) in [6.45, 7) is 3.65. The maximum absolute atomic E-state index is 12.8. The van der Waals surface area contributed by atoms with Crippen molar-refractivity contribution in [2.24, 2.45) is 23.7 Å². The van der Waals surface area contributed by atoms with Gasteiger partial charge in [-0.05, 0) is 49.7 Å². The van der Waals surface area contributed by atoms with Crippen molar-refractivity contribution < 1.29 is 14.4 Å². The van der Waals surface area contributed by atoms with Crippen LogP contribution in [0.3, 0.4) is 0 Å². The molecule has 2 fully saturated rings.